The lowest BCUT2D eigenvalue weighted by Crippen LogP contribution is -2.39. The molecule has 134 valence electrons. The number of hydrogen-bond donors (Lipinski definition) is 1. The summed E-state index contributed by atoms with van der Waals surface area (Å²) in [5, 5.41) is 2.76. The van der Waals surface area contributed by atoms with E-state index in [1.807, 2.05) is 0 Å². The predicted molar refractivity (Wildman–Crippen MR) is 86.8 cm³/mol. The van der Waals surface area contributed by atoms with Gasteiger partial charge in [-0.05, 0) is 44.0 Å². The first-order chi connectivity index (χ1) is 11.5. The Kier molecular flexibility index (Phi) is 6.78. The monoisotopic (exact) mass is 342 g/mol. The highest BCUT2D eigenvalue weighted by atomic mass is 19.3. The van der Waals surface area contributed by atoms with Crippen LogP contribution in [0.1, 0.15) is 30.1 Å². The SMILES string of the molecule is COc1ccc(C(=O)NCCN2CCC(C)CC2)c(OC(F)F)c1. The number of halogens is 2. The van der Waals surface area contributed by atoms with Crippen molar-refractivity contribution in [2.45, 2.75) is 26.4 Å². The van der Waals surface area contributed by atoms with E-state index in [1.54, 1.807) is 6.07 Å². The number of carbonyl (C=O) groups is 1. The number of piperidine rings is 1. The highest BCUT2D eigenvalue weighted by Crippen LogP contribution is 2.26. The summed E-state index contributed by atoms with van der Waals surface area (Å²) in [6, 6.07) is 4.25. The summed E-state index contributed by atoms with van der Waals surface area (Å²) in [6.45, 7) is 2.51. The molecule has 0 saturated carbocycles. The van der Waals surface area contributed by atoms with Crippen LogP contribution in [0.15, 0.2) is 18.2 Å². The zero-order valence-electron chi connectivity index (χ0n) is 14.1. The molecule has 0 aromatic heterocycles. The summed E-state index contributed by atoms with van der Waals surface area (Å²) >= 11 is 0. The summed E-state index contributed by atoms with van der Waals surface area (Å²) in [4.78, 5) is 14.5. The largest absolute Gasteiger partial charge is 0.497 e. The predicted octanol–water partition coefficient (Wildman–Crippen LogP) is 2.76. The number of likely N-dealkylation sites (tertiary alicyclic amines) is 1. The number of nitrogens with one attached hydrogen (secondary N) is 1. The molecular weight excluding hydrogens is 318 g/mol. The lowest BCUT2D eigenvalue weighted by atomic mass is 9.99. The van der Waals surface area contributed by atoms with E-state index in [0.717, 1.165) is 25.6 Å². The third kappa shape index (κ3) is 5.33. The van der Waals surface area contributed by atoms with Gasteiger partial charge >= 0.3 is 6.61 Å². The van der Waals surface area contributed by atoms with Crippen LogP contribution < -0.4 is 14.8 Å². The maximum absolute atomic E-state index is 12.5. The maximum atomic E-state index is 12.5. The Hall–Kier alpha value is -1.89. The number of rotatable bonds is 7. The third-order valence-electron chi connectivity index (χ3n) is 4.24. The zero-order valence-corrected chi connectivity index (χ0v) is 14.1. The third-order valence-corrected chi connectivity index (χ3v) is 4.24. The molecule has 5 nitrogen and oxygen atoms in total. The first-order valence-electron chi connectivity index (χ1n) is 8.13. The first kappa shape index (κ1) is 18.4. The summed E-state index contributed by atoms with van der Waals surface area (Å²) in [7, 11) is 1.42. The van der Waals surface area contributed by atoms with Crippen LogP contribution in [0.2, 0.25) is 0 Å². The lowest BCUT2D eigenvalue weighted by Gasteiger charge is -2.30. The molecule has 1 saturated heterocycles. The summed E-state index contributed by atoms with van der Waals surface area (Å²) in [5.41, 5.74) is 0.0726. The molecule has 0 unspecified atom stereocenters. The molecule has 24 heavy (non-hydrogen) atoms. The van der Waals surface area contributed by atoms with Crippen molar-refractivity contribution in [3.63, 3.8) is 0 Å². The van der Waals surface area contributed by atoms with Crippen molar-refractivity contribution in [1.29, 1.82) is 0 Å². The molecule has 0 radical (unpaired) electrons. The molecule has 0 atom stereocenters. The zero-order chi connectivity index (χ0) is 17.5. The molecular formula is C17H24F2N2O3. The van der Waals surface area contributed by atoms with E-state index >= 15 is 0 Å². The van der Waals surface area contributed by atoms with E-state index < -0.39 is 12.5 Å². The molecule has 0 aliphatic carbocycles. The van der Waals surface area contributed by atoms with Gasteiger partial charge in [0.15, 0.2) is 0 Å². The molecule has 1 aliphatic heterocycles. The summed E-state index contributed by atoms with van der Waals surface area (Å²) in [6.07, 6.45) is 2.33. The highest BCUT2D eigenvalue weighted by molar-refractivity contribution is 5.97. The molecule has 1 aromatic rings. The molecule has 7 heteroatoms. The van der Waals surface area contributed by atoms with E-state index in [1.165, 1.54) is 32.1 Å². The van der Waals surface area contributed by atoms with Crippen LogP contribution in [-0.2, 0) is 0 Å². The fraction of sp³-hybridized carbons (Fsp3) is 0.588. The summed E-state index contributed by atoms with van der Waals surface area (Å²) in [5.74, 6) is 0.487. The van der Waals surface area contributed by atoms with Crippen LogP contribution >= 0.6 is 0 Å². The maximum Gasteiger partial charge on any atom is 0.387 e. The van der Waals surface area contributed by atoms with Gasteiger partial charge in [0.05, 0.1) is 12.7 Å². The molecule has 1 fully saturated rings. The lowest BCUT2D eigenvalue weighted by molar-refractivity contribution is -0.0502. The molecule has 1 aliphatic rings. The Morgan fingerprint density at radius 3 is 2.71 bits per heavy atom. The van der Waals surface area contributed by atoms with Gasteiger partial charge in [-0.3, -0.25) is 4.79 Å². The van der Waals surface area contributed by atoms with E-state index in [2.05, 4.69) is 21.9 Å². The number of ether oxygens (including phenoxy) is 2. The first-order valence-corrected chi connectivity index (χ1v) is 8.13. The second-order valence-electron chi connectivity index (χ2n) is 6.02. The standard InChI is InChI=1S/C17H24F2N2O3/c1-12-5-8-21(9-6-12)10-7-20-16(22)14-4-3-13(23-2)11-15(14)24-17(18)19/h3-4,11-12,17H,5-10H2,1-2H3,(H,20,22). The molecule has 1 aromatic carbocycles. The molecule has 1 amide bonds. The Morgan fingerprint density at radius 1 is 1.38 bits per heavy atom. The summed E-state index contributed by atoms with van der Waals surface area (Å²) < 4.78 is 34.5. The van der Waals surface area contributed by atoms with E-state index in [9.17, 15) is 13.6 Å². The molecule has 1 N–H and O–H groups in total. The van der Waals surface area contributed by atoms with Crippen LogP contribution in [0.25, 0.3) is 0 Å². The van der Waals surface area contributed by atoms with Crippen molar-refractivity contribution in [2.75, 3.05) is 33.3 Å². The number of alkyl halides is 2. The van der Waals surface area contributed by atoms with Crippen molar-refractivity contribution in [1.82, 2.24) is 10.2 Å². The smallest absolute Gasteiger partial charge is 0.387 e. The van der Waals surface area contributed by atoms with E-state index in [4.69, 9.17) is 4.74 Å². The molecule has 2 rings (SSSR count). The van der Waals surface area contributed by atoms with Crippen molar-refractivity contribution in [3.05, 3.63) is 23.8 Å². The average Bonchev–Trinajstić information content (AvgIpc) is 2.56. The van der Waals surface area contributed by atoms with Crippen LogP contribution in [0, 0.1) is 5.92 Å². The normalized spacial score (nSPS) is 16.2. The molecule has 1 heterocycles. The number of methoxy groups -OCH3 is 1. The number of amides is 1. The second-order valence-corrected chi connectivity index (χ2v) is 6.02. The fourth-order valence-corrected chi connectivity index (χ4v) is 2.72. The number of nitrogens with zero attached hydrogens (tertiary/aromatic N) is 1. The molecule has 0 spiro atoms. The molecule has 0 bridgehead atoms. The Balaban J connectivity index is 1.91. The Morgan fingerprint density at radius 2 is 2.08 bits per heavy atom. The second kappa shape index (κ2) is 8.82. The van der Waals surface area contributed by atoms with Gasteiger partial charge in [0.25, 0.3) is 5.91 Å². The minimum Gasteiger partial charge on any atom is -0.497 e. The minimum atomic E-state index is -3.00. The fourth-order valence-electron chi connectivity index (χ4n) is 2.72. The Labute approximate surface area is 140 Å². The van der Waals surface area contributed by atoms with Crippen LogP contribution in [0.4, 0.5) is 8.78 Å². The van der Waals surface area contributed by atoms with Crippen molar-refractivity contribution >= 4 is 5.91 Å². The topological polar surface area (TPSA) is 50.8 Å². The van der Waals surface area contributed by atoms with Crippen LogP contribution in [-0.4, -0.2) is 50.7 Å². The quantitative estimate of drug-likeness (QED) is 0.828. The van der Waals surface area contributed by atoms with E-state index in [-0.39, 0.29) is 11.3 Å². The number of hydrogen-bond acceptors (Lipinski definition) is 4. The van der Waals surface area contributed by atoms with Crippen molar-refractivity contribution in [2.24, 2.45) is 5.92 Å². The highest BCUT2D eigenvalue weighted by Gasteiger charge is 2.18. The van der Waals surface area contributed by atoms with Gasteiger partial charge in [0.2, 0.25) is 0 Å². The van der Waals surface area contributed by atoms with Crippen molar-refractivity contribution < 1.29 is 23.0 Å². The van der Waals surface area contributed by atoms with Gasteiger partial charge in [-0.2, -0.15) is 8.78 Å². The van der Waals surface area contributed by atoms with Gasteiger partial charge in [-0.15, -0.1) is 0 Å². The Bertz CT molecular complexity index is 547. The van der Waals surface area contributed by atoms with Gasteiger partial charge < -0.3 is 19.7 Å². The van der Waals surface area contributed by atoms with Gasteiger partial charge in [0, 0.05) is 19.2 Å². The van der Waals surface area contributed by atoms with Gasteiger partial charge in [-0.1, -0.05) is 6.92 Å². The van der Waals surface area contributed by atoms with E-state index in [0.29, 0.717) is 12.3 Å². The average molecular weight is 342 g/mol. The van der Waals surface area contributed by atoms with Gasteiger partial charge in [0.1, 0.15) is 11.5 Å². The van der Waals surface area contributed by atoms with Crippen LogP contribution in [0.3, 0.4) is 0 Å². The minimum absolute atomic E-state index is 0.0726. The van der Waals surface area contributed by atoms with Gasteiger partial charge in [-0.25, -0.2) is 0 Å². The van der Waals surface area contributed by atoms with Crippen LogP contribution in [0.5, 0.6) is 11.5 Å². The number of carbonyl (C=O) groups excluding carboxylic acids is 1. The van der Waals surface area contributed by atoms with Crippen molar-refractivity contribution in [3.8, 4) is 11.5 Å². The number of benzene rings is 1.